The monoisotopic (exact) mass is 261 g/mol. The molecule has 0 saturated carbocycles. The lowest BCUT2D eigenvalue weighted by molar-refractivity contribution is 0.561. The highest BCUT2D eigenvalue weighted by molar-refractivity contribution is 7.91. The maximum absolute atomic E-state index is 11.4. The number of rotatable bonds is 2. The van der Waals surface area contributed by atoms with Gasteiger partial charge in [-0.1, -0.05) is 11.6 Å². The van der Waals surface area contributed by atoms with Crippen molar-refractivity contribution in [1.29, 1.82) is 0 Å². The number of halogens is 1. The van der Waals surface area contributed by atoms with Crippen molar-refractivity contribution >= 4 is 27.3 Å². The Labute approximate surface area is 99.2 Å². The van der Waals surface area contributed by atoms with E-state index in [1.165, 1.54) is 6.33 Å². The van der Waals surface area contributed by atoms with Gasteiger partial charge in [-0.25, -0.2) is 18.4 Å². The smallest absolute Gasteiger partial charge is 0.152 e. The molecule has 2 rings (SSSR count). The number of nitrogens with zero attached hydrogens (tertiary/aromatic N) is 2. The Morgan fingerprint density at radius 3 is 2.94 bits per heavy atom. The molecule has 0 aromatic carbocycles. The van der Waals surface area contributed by atoms with Crippen molar-refractivity contribution in [3.05, 3.63) is 17.5 Å². The van der Waals surface area contributed by atoms with Gasteiger partial charge in [-0.05, 0) is 12.8 Å². The molecular formula is C9H12ClN3O2S. The Bertz CT molecular complexity index is 477. The van der Waals surface area contributed by atoms with Crippen LogP contribution in [0.3, 0.4) is 0 Å². The molecule has 0 aliphatic carbocycles. The topological polar surface area (TPSA) is 72.0 Å². The molecule has 2 heterocycles. The zero-order valence-electron chi connectivity index (χ0n) is 8.56. The van der Waals surface area contributed by atoms with E-state index in [1.807, 2.05) is 0 Å². The number of hydrogen-bond donors (Lipinski definition) is 1. The Hall–Kier alpha value is -0.880. The second-order valence-electron chi connectivity index (χ2n) is 3.82. The molecule has 1 N–H and O–H groups in total. The molecule has 1 aromatic rings. The zero-order chi connectivity index (χ0) is 11.6. The van der Waals surface area contributed by atoms with Gasteiger partial charge in [0, 0.05) is 12.1 Å². The van der Waals surface area contributed by atoms with Gasteiger partial charge in [-0.15, -0.1) is 0 Å². The van der Waals surface area contributed by atoms with Crippen molar-refractivity contribution in [3.63, 3.8) is 0 Å². The summed E-state index contributed by atoms with van der Waals surface area (Å²) in [5, 5.41) is 3.41. The number of sulfone groups is 1. The normalized spacial score (nSPS) is 23.9. The summed E-state index contributed by atoms with van der Waals surface area (Å²) in [6.45, 7) is 0. The third-order valence-electron chi connectivity index (χ3n) is 2.45. The van der Waals surface area contributed by atoms with Gasteiger partial charge in [-0.3, -0.25) is 0 Å². The van der Waals surface area contributed by atoms with E-state index in [1.54, 1.807) is 6.07 Å². The van der Waals surface area contributed by atoms with Gasteiger partial charge in [0.1, 0.15) is 17.3 Å². The van der Waals surface area contributed by atoms with E-state index in [4.69, 9.17) is 11.6 Å². The van der Waals surface area contributed by atoms with Crippen LogP contribution >= 0.6 is 11.6 Å². The first kappa shape index (κ1) is 11.6. The first-order valence-electron chi connectivity index (χ1n) is 5.00. The van der Waals surface area contributed by atoms with E-state index in [-0.39, 0.29) is 17.5 Å². The molecule has 16 heavy (non-hydrogen) atoms. The van der Waals surface area contributed by atoms with Crippen molar-refractivity contribution < 1.29 is 8.42 Å². The summed E-state index contributed by atoms with van der Waals surface area (Å²) in [4.78, 5) is 7.74. The maximum atomic E-state index is 11.4. The molecule has 1 unspecified atom stereocenters. The second-order valence-corrected chi connectivity index (χ2v) is 6.44. The number of hydrogen-bond acceptors (Lipinski definition) is 5. The van der Waals surface area contributed by atoms with Gasteiger partial charge in [0.2, 0.25) is 0 Å². The van der Waals surface area contributed by atoms with Gasteiger partial charge in [0.05, 0.1) is 11.5 Å². The highest BCUT2D eigenvalue weighted by atomic mass is 35.5. The molecule has 0 spiro atoms. The standard InChI is InChI=1S/C9H12ClN3O2S/c10-8-4-9(12-6-11-8)13-7-2-1-3-16(14,15)5-7/h4,6-7H,1-3,5H2,(H,11,12,13). The SMILES string of the molecule is O=S1(=O)CCCC(Nc2cc(Cl)ncn2)C1. The van der Waals surface area contributed by atoms with Crippen molar-refractivity contribution in [2.45, 2.75) is 18.9 Å². The molecule has 1 aliphatic heterocycles. The molecule has 1 atom stereocenters. The lowest BCUT2D eigenvalue weighted by Crippen LogP contribution is -2.35. The number of nitrogens with one attached hydrogen (secondary N) is 1. The van der Waals surface area contributed by atoms with Crippen LogP contribution < -0.4 is 5.32 Å². The summed E-state index contributed by atoms with van der Waals surface area (Å²) in [6.07, 6.45) is 2.88. The third-order valence-corrected chi connectivity index (χ3v) is 4.48. The van der Waals surface area contributed by atoms with Crippen molar-refractivity contribution in [3.8, 4) is 0 Å². The first-order chi connectivity index (χ1) is 7.55. The van der Waals surface area contributed by atoms with E-state index >= 15 is 0 Å². The predicted molar refractivity (Wildman–Crippen MR) is 62.3 cm³/mol. The highest BCUT2D eigenvalue weighted by Gasteiger charge is 2.24. The van der Waals surface area contributed by atoms with Crippen LogP contribution in [0.2, 0.25) is 5.15 Å². The van der Waals surface area contributed by atoms with Crippen LogP contribution in [0.15, 0.2) is 12.4 Å². The number of aromatic nitrogens is 2. The van der Waals surface area contributed by atoms with Crippen molar-refractivity contribution in [2.75, 3.05) is 16.8 Å². The average Bonchev–Trinajstić information content (AvgIpc) is 2.15. The van der Waals surface area contributed by atoms with E-state index in [0.717, 1.165) is 6.42 Å². The molecule has 1 aliphatic rings. The van der Waals surface area contributed by atoms with Gasteiger partial charge in [0.25, 0.3) is 0 Å². The van der Waals surface area contributed by atoms with Gasteiger partial charge < -0.3 is 5.32 Å². The Morgan fingerprint density at radius 1 is 1.44 bits per heavy atom. The summed E-state index contributed by atoms with van der Waals surface area (Å²) >= 11 is 5.71. The van der Waals surface area contributed by atoms with Crippen molar-refractivity contribution in [2.24, 2.45) is 0 Å². The molecule has 1 fully saturated rings. The lowest BCUT2D eigenvalue weighted by Gasteiger charge is -2.23. The minimum absolute atomic E-state index is 0.0790. The quantitative estimate of drug-likeness (QED) is 0.808. The summed E-state index contributed by atoms with van der Waals surface area (Å²) < 4.78 is 22.8. The van der Waals surface area contributed by atoms with Crippen LogP contribution in [-0.4, -0.2) is 35.9 Å². The minimum atomic E-state index is -2.90. The third kappa shape index (κ3) is 3.05. The van der Waals surface area contributed by atoms with Crippen LogP contribution in [0.4, 0.5) is 5.82 Å². The van der Waals surface area contributed by atoms with Crippen LogP contribution in [0.1, 0.15) is 12.8 Å². The van der Waals surface area contributed by atoms with Gasteiger partial charge in [-0.2, -0.15) is 0 Å². The molecule has 0 bridgehead atoms. The Kier molecular flexibility index (Phi) is 3.30. The Balaban J connectivity index is 2.05. The molecular weight excluding hydrogens is 250 g/mol. The van der Waals surface area contributed by atoms with E-state index in [2.05, 4.69) is 15.3 Å². The molecule has 0 radical (unpaired) electrons. The van der Waals surface area contributed by atoms with Gasteiger partial charge >= 0.3 is 0 Å². The lowest BCUT2D eigenvalue weighted by atomic mass is 10.2. The summed E-state index contributed by atoms with van der Waals surface area (Å²) in [5.41, 5.74) is 0. The van der Waals surface area contributed by atoms with Gasteiger partial charge in [0.15, 0.2) is 9.84 Å². The Morgan fingerprint density at radius 2 is 2.25 bits per heavy atom. The fraction of sp³-hybridized carbons (Fsp3) is 0.556. The predicted octanol–water partition coefficient (Wildman–Crippen LogP) is 1.12. The fourth-order valence-corrected chi connectivity index (χ4v) is 3.54. The van der Waals surface area contributed by atoms with E-state index < -0.39 is 9.84 Å². The number of anilines is 1. The molecule has 5 nitrogen and oxygen atoms in total. The van der Waals surface area contributed by atoms with Crippen LogP contribution in [0.25, 0.3) is 0 Å². The zero-order valence-corrected chi connectivity index (χ0v) is 10.1. The molecule has 1 aromatic heterocycles. The maximum Gasteiger partial charge on any atom is 0.152 e. The second kappa shape index (κ2) is 4.55. The summed E-state index contributed by atoms with van der Waals surface area (Å²) in [7, 11) is -2.90. The molecule has 1 saturated heterocycles. The minimum Gasteiger partial charge on any atom is -0.366 e. The summed E-state index contributed by atoms with van der Waals surface area (Å²) in [6, 6.07) is 1.51. The molecule has 88 valence electrons. The largest absolute Gasteiger partial charge is 0.366 e. The summed E-state index contributed by atoms with van der Waals surface area (Å²) in [5.74, 6) is 1.02. The van der Waals surface area contributed by atoms with Crippen LogP contribution in [0, 0.1) is 0 Å². The highest BCUT2D eigenvalue weighted by Crippen LogP contribution is 2.17. The van der Waals surface area contributed by atoms with Crippen molar-refractivity contribution in [1.82, 2.24) is 9.97 Å². The van der Waals surface area contributed by atoms with Crippen LogP contribution in [0.5, 0.6) is 0 Å². The van der Waals surface area contributed by atoms with E-state index in [9.17, 15) is 8.42 Å². The fourth-order valence-electron chi connectivity index (χ4n) is 1.76. The molecule has 0 amide bonds. The average molecular weight is 262 g/mol. The van der Waals surface area contributed by atoms with Crippen LogP contribution in [-0.2, 0) is 9.84 Å². The first-order valence-corrected chi connectivity index (χ1v) is 7.20. The van der Waals surface area contributed by atoms with E-state index in [0.29, 0.717) is 17.4 Å². The molecule has 7 heteroatoms.